The summed E-state index contributed by atoms with van der Waals surface area (Å²) in [5, 5.41) is 0. The van der Waals surface area contributed by atoms with E-state index in [9.17, 15) is 13.2 Å². The van der Waals surface area contributed by atoms with E-state index in [1.165, 1.54) is 31.2 Å². The van der Waals surface area contributed by atoms with Crippen molar-refractivity contribution >= 4 is 27.3 Å². The highest BCUT2D eigenvalue weighted by Crippen LogP contribution is 2.38. The molecule has 0 spiro atoms. The summed E-state index contributed by atoms with van der Waals surface area (Å²) in [7, 11) is -0.365. The lowest BCUT2D eigenvalue weighted by Crippen LogP contribution is -2.53. The Morgan fingerprint density at radius 3 is 2.62 bits per heavy atom. The van der Waals surface area contributed by atoms with Crippen molar-refractivity contribution in [2.45, 2.75) is 31.7 Å². The van der Waals surface area contributed by atoms with Gasteiger partial charge in [0.05, 0.1) is 17.1 Å². The Morgan fingerprint density at radius 2 is 1.92 bits per heavy atom. The summed E-state index contributed by atoms with van der Waals surface area (Å²) < 4.78 is 25.1. The molecular formula is C17H25N3O3S. The van der Waals surface area contributed by atoms with Gasteiger partial charge in [0.1, 0.15) is 0 Å². The zero-order valence-electron chi connectivity index (χ0n) is 14.3. The Balaban J connectivity index is 1.81. The van der Waals surface area contributed by atoms with Crippen LogP contribution in [0.15, 0.2) is 24.3 Å². The number of hydrogen-bond acceptors (Lipinski definition) is 4. The molecule has 0 saturated carbocycles. The summed E-state index contributed by atoms with van der Waals surface area (Å²) in [5.41, 5.74) is 2.00. The quantitative estimate of drug-likeness (QED) is 0.828. The zero-order valence-corrected chi connectivity index (χ0v) is 15.1. The predicted octanol–water partition coefficient (Wildman–Crippen LogP) is 1.67. The first-order chi connectivity index (χ1) is 11.4. The Bertz CT molecular complexity index is 718. The highest BCUT2D eigenvalue weighted by molar-refractivity contribution is 7.89. The van der Waals surface area contributed by atoms with Crippen LogP contribution < -0.4 is 9.80 Å². The fourth-order valence-corrected chi connectivity index (χ4v) is 4.32. The second-order valence-corrected chi connectivity index (χ2v) is 8.99. The van der Waals surface area contributed by atoms with Crippen LogP contribution in [0.25, 0.3) is 0 Å². The van der Waals surface area contributed by atoms with E-state index in [0.717, 1.165) is 24.3 Å². The van der Waals surface area contributed by atoms with Crippen molar-refractivity contribution in [2.24, 2.45) is 0 Å². The second kappa shape index (κ2) is 6.72. The average Bonchev–Trinajstić information content (AvgIpc) is 2.59. The van der Waals surface area contributed by atoms with Crippen LogP contribution in [-0.2, 0) is 14.8 Å². The maximum Gasteiger partial charge on any atom is 0.228 e. The van der Waals surface area contributed by atoms with Gasteiger partial charge in [-0.15, -0.1) is 0 Å². The van der Waals surface area contributed by atoms with Crippen LogP contribution in [0.5, 0.6) is 0 Å². The molecule has 1 atom stereocenters. The van der Waals surface area contributed by atoms with Crippen LogP contribution in [0.2, 0.25) is 0 Å². The number of hydrogen-bond donors (Lipinski definition) is 0. The molecule has 24 heavy (non-hydrogen) atoms. The first-order valence-corrected chi connectivity index (χ1v) is 10.1. The summed E-state index contributed by atoms with van der Waals surface area (Å²) in [4.78, 5) is 16.9. The van der Waals surface area contributed by atoms with Crippen molar-refractivity contribution in [1.29, 1.82) is 0 Å². The fourth-order valence-electron chi connectivity index (χ4n) is 3.52. The van der Waals surface area contributed by atoms with Crippen LogP contribution in [0.1, 0.15) is 25.7 Å². The number of rotatable bonds is 4. The van der Waals surface area contributed by atoms with Crippen LogP contribution in [0.3, 0.4) is 0 Å². The number of piperidine rings is 1. The monoisotopic (exact) mass is 351 g/mol. The molecule has 0 unspecified atom stereocenters. The molecule has 1 aromatic carbocycles. The van der Waals surface area contributed by atoms with Gasteiger partial charge < -0.3 is 9.80 Å². The van der Waals surface area contributed by atoms with Crippen LogP contribution >= 0.6 is 0 Å². The molecule has 0 aromatic heterocycles. The molecular weight excluding hydrogens is 326 g/mol. The Kier molecular flexibility index (Phi) is 4.83. The highest BCUT2D eigenvalue weighted by Gasteiger charge is 2.34. The molecule has 132 valence electrons. The number of sulfonamides is 1. The molecule has 7 heteroatoms. The number of carbonyl (C=O) groups excluding carboxylic acids is 1. The number of anilines is 2. The lowest BCUT2D eigenvalue weighted by atomic mass is 9.97. The number of fused-ring (bicyclic) bond motifs is 3. The molecule has 2 aliphatic heterocycles. The van der Waals surface area contributed by atoms with Crippen molar-refractivity contribution in [3.05, 3.63) is 24.3 Å². The molecule has 0 radical (unpaired) electrons. The summed E-state index contributed by atoms with van der Waals surface area (Å²) in [6, 6.07) is 8.28. The van der Waals surface area contributed by atoms with Crippen molar-refractivity contribution in [3.63, 3.8) is 0 Å². The van der Waals surface area contributed by atoms with E-state index in [2.05, 4.69) is 11.0 Å². The molecule has 6 nitrogen and oxygen atoms in total. The van der Waals surface area contributed by atoms with Crippen molar-refractivity contribution < 1.29 is 13.2 Å². The molecule has 2 heterocycles. The Hall–Kier alpha value is -1.60. The van der Waals surface area contributed by atoms with Gasteiger partial charge in [-0.2, -0.15) is 0 Å². The van der Waals surface area contributed by atoms with Crippen LogP contribution in [0, 0.1) is 0 Å². The molecule has 2 aliphatic rings. The van der Waals surface area contributed by atoms with E-state index in [4.69, 9.17) is 0 Å². The van der Waals surface area contributed by atoms with E-state index >= 15 is 0 Å². The Labute approximate surface area is 144 Å². The van der Waals surface area contributed by atoms with Crippen molar-refractivity contribution in [2.75, 3.05) is 42.7 Å². The third kappa shape index (κ3) is 3.28. The van der Waals surface area contributed by atoms with Gasteiger partial charge in [-0.25, -0.2) is 12.7 Å². The van der Waals surface area contributed by atoms with E-state index in [1.54, 1.807) is 4.90 Å². The standard InChI is InChI=1S/C17H25N3O3S/c1-18(2)24(22,23)12-10-17(21)20-13-14-7-5-6-11-19(14)15-8-3-4-9-16(15)20/h3-4,8-9,14H,5-7,10-13H2,1-2H3/t14-/m0/s1. The summed E-state index contributed by atoms with van der Waals surface area (Å²) in [6.45, 7) is 1.68. The minimum absolute atomic E-state index is 0.0154. The van der Waals surface area contributed by atoms with Gasteiger partial charge in [-0.1, -0.05) is 12.1 Å². The molecule has 0 bridgehead atoms. The normalized spacial score (nSPS) is 20.7. The summed E-state index contributed by atoms with van der Waals surface area (Å²) >= 11 is 0. The molecule has 1 saturated heterocycles. The lowest BCUT2D eigenvalue weighted by molar-refractivity contribution is -0.118. The van der Waals surface area contributed by atoms with Gasteiger partial charge in [-0.3, -0.25) is 4.79 Å². The van der Waals surface area contributed by atoms with E-state index < -0.39 is 10.0 Å². The van der Waals surface area contributed by atoms with Gasteiger partial charge >= 0.3 is 0 Å². The smallest absolute Gasteiger partial charge is 0.228 e. The minimum atomic E-state index is -3.36. The van der Waals surface area contributed by atoms with Crippen LogP contribution in [0.4, 0.5) is 11.4 Å². The molecule has 1 aromatic rings. The number of nitrogens with zero attached hydrogens (tertiary/aromatic N) is 3. The topological polar surface area (TPSA) is 60.9 Å². The number of para-hydroxylation sites is 2. The van der Waals surface area contributed by atoms with Crippen molar-refractivity contribution in [1.82, 2.24) is 4.31 Å². The van der Waals surface area contributed by atoms with E-state index in [0.29, 0.717) is 12.6 Å². The van der Waals surface area contributed by atoms with Gasteiger partial charge in [0, 0.05) is 39.6 Å². The molecule has 1 amide bonds. The first-order valence-electron chi connectivity index (χ1n) is 8.46. The van der Waals surface area contributed by atoms with E-state index in [1.807, 2.05) is 18.2 Å². The third-order valence-corrected chi connectivity index (χ3v) is 6.77. The largest absolute Gasteiger partial charge is 0.365 e. The Morgan fingerprint density at radius 1 is 1.21 bits per heavy atom. The maximum absolute atomic E-state index is 12.7. The highest BCUT2D eigenvalue weighted by atomic mass is 32.2. The molecule has 0 N–H and O–H groups in total. The minimum Gasteiger partial charge on any atom is -0.365 e. The number of benzene rings is 1. The lowest BCUT2D eigenvalue weighted by Gasteiger charge is -2.46. The third-order valence-electron chi connectivity index (χ3n) is 4.93. The predicted molar refractivity (Wildman–Crippen MR) is 95.9 cm³/mol. The van der Waals surface area contributed by atoms with Gasteiger partial charge in [0.15, 0.2) is 0 Å². The van der Waals surface area contributed by atoms with Gasteiger partial charge in [0.25, 0.3) is 0 Å². The van der Waals surface area contributed by atoms with Crippen molar-refractivity contribution in [3.8, 4) is 0 Å². The molecule has 3 rings (SSSR count). The van der Waals surface area contributed by atoms with Gasteiger partial charge in [-0.05, 0) is 31.4 Å². The number of amides is 1. The summed E-state index contributed by atoms with van der Waals surface area (Å²) in [6.07, 6.45) is 3.45. The SMILES string of the molecule is CN(C)S(=O)(=O)CCC(=O)N1C[C@@H]2CCCCN2c2ccccc21. The average molecular weight is 351 g/mol. The molecule has 1 fully saturated rings. The van der Waals surface area contributed by atoms with E-state index in [-0.39, 0.29) is 18.1 Å². The van der Waals surface area contributed by atoms with Crippen LogP contribution in [-0.4, -0.2) is 57.6 Å². The fraction of sp³-hybridized carbons (Fsp3) is 0.588. The van der Waals surface area contributed by atoms with Gasteiger partial charge in [0.2, 0.25) is 15.9 Å². The number of carbonyl (C=O) groups is 1. The first kappa shape index (κ1) is 17.2. The summed E-state index contributed by atoms with van der Waals surface area (Å²) in [5.74, 6) is -0.260. The molecule has 0 aliphatic carbocycles. The second-order valence-electron chi connectivity index (χ2n) is 6.68. The maximum atomic E-state index is 12.7. The zero-order chi connectivity index (χ0) is 17.3.